The van der Waals surface area contributed by atoms with Crippen LogP contribution in [0.4, 0.5) is 0 Å². The molecule has 0 bridgehead atoms. The van der Waals surface area contributed by atoms with Gasteiger partial charge in [-0.05, 0) is 70.6 Å². The number of carbonyl (C=O) groups is 1. The molecule has 3 aromatic rings. The van der Waals surface area contributed by atoms with Crippen LogP contribution in [-0.4, -0.2) is 20.2 Å². The zero-order valence-corrected chi connectivity index (χ0v) is 19.5. The molecule has 0 aliphatic heterocycles. The van der Waals surface area contributed by atoms with E-state index in [9.17, 15) is 10.1 Å². The summed E-state index contributed by atoms with van der Waals surface area (Å²) in [6.45, 7) is 6.37. The lowest BCUT2D eigenvalue weighted by Crippen LogP contribution is -2.12. The van der Waals surface area contributed by atoms with Gasteiger partial charge in [0, 0.05) is 0 Å². The summed E-state index contributed by atoms with van der Waals surface area (Å²) < 4.78 is 16.1. The minimum atomic E-state index is -0.415. The lowest BCUT2D eigenvalue weighted by molar-refractivity contribution is 0.0734. The van der Waals surface area contributed by atoms with E-state index in [2.05, 4.69) is 26.8 Å². The first-order valence-corrected chi connectivity index (χ1v) is 10.5. The van der Waals surface area contributed by atoms with Gasteiger partial charge in [-0.1, -0.05) is 45.0 Å². The number of rotatable bonds is 6. The molecule has 0 fully saturated rings. The molecule has 0 aliphatic rings. The number of hydrogen-bond donors (Lipinski definition) is 0. The van der Waals surface area contributed by atoms with Crippen molar-refractivity contribution in [2.75, 3.05) is 14.2 Å². The van der Waals surface area contributed by atoms with Gasteiger partial charge in [-0.15, -0.1) is 0 Å². The third kappa shape index (κ3) is 5.81. The van der Waals surface area contributed by atoms with Crippen molar-refractivity contribution in [3.05, 3.63) is 89.0 Å². The maximum atomic E-state index is 12.5. The number of carbonyl (C=O) groups excluding carboxylic acids is 1. The van der Waals surface area contributed by atoms with E-state index in [4.69, 9.17) is 14.2 Å². The van der Waals surface area contributed by atoms with Crippen molar-refractivity contribution in [1.82, 2.24) is 0 Å². The first-order valence-electron chi connectivity index (χ1n) is 10.5. The molecular formula is C28H27NO4. The van der Waals surface area contributed by atoms with Crippen LogP contribution in [-0.2, 0) is 5.41 Å². The van der Waals surface area contributed by atoms with Crippen molar-refractivity contribution in [3.8, 4) is 23.3 Å². The summed E-state index contributed by atoms with van der Waals surface area (Å²) in [6, 6.07) is 22.0. The van der Waals surface area contributed by atoms with Crippen molar-refractivity contribution < 1.29 is 19.0 Å². The number of hydrogen-bond acceptors (Lipinski definition) is 5. The fourth-order valence-corrected chi connectivity index (χ4v) is 3.25. The molecule has 0 radical (unpaired) electrons. The lowest BCUT2D eigenvalue weighted by atomic mass is 9.87. The quantitative estimate of drug-likeness (QED) is 0.195. The Morgan fingerprint density at radius 3 is 2.00 bits per heavy atom. The Bertz CT molecular complexity index is 1190. The summed E-state index contributed by atoms with van der Waals surface area (Å²) in [5.41, 5.74) is 3.65. The largest absolute Gasteiger partial charge is 0.493 e. The zero-order chi connectivity index (χ0) is 24.0. The maximum Gasteiger partial charge on any atom is 0.343 e. The van der Waals surface area contributed by atoms with Crippen LogP contribution in [0.15, 0.2) is 66.7 Å². The van der Waals surface area contributed by atoms with E-state index in [1.165, 1.54) is 0 Å². The second-order valence-corrected chi connectivity index (χ2v) is 8.53. The molecule has 5 heteroatoms. The third-order valence-electron chi connectivity index (χ3n) is 5.20. The van der Waals surface area contributed by atoms with E-state index in [0.29, 0.717) is 33.9 Å². The molecule has 0 aliphatic carbocycles. The number of esters is 1. The second-order valence-electron chi connectivity index (χ2n) is 8.53. The summed E-state index contributed by atoms with van der Waals surface area (Å²) in [5.74, 6) is 1.16. The molecule has 0 heterocycles. The predicted molar refractivity (Wildman–Crippen MR) is 130 cm³/mol. The van der Waals surface area contributed by atoms with E-state index in [0.717, 1.165) is 11.1 Å². The molecule has 5 nitrogen and oxygen atoms in total. The van der Waals surface area contributed by atoms with Crippen LogP contribution in [0.3, 0.4) is 0 Å². The molecule has 0 saturated heterocycles. The topological polar surface area (TPSA) is 68.5 Å². The smallest absolute Gasteiger partial charge is 0.343 e. The van der Waals surface area contributed by atoms with Gasteiger partial charge in [-0.3, -0.25) is 0 Å². The van der Waals surface area contributed by atoms with Crippen LogP contribution < -0.4 is 14.2 Å². The van der Waals surface area contributed by atoms with Gasteiger partial charge in [-0.2, -0.15) is 5.26 Å². The van der Waals surface area contributed by atoms with E-state index in [1.807, 2.05) is 12.1 Å². The molecule has 0 spiro atoms. The minimum absolute atomic E-state index is 0.0189. The van der Waals surface area contributed by atoms with Gasteiger partial charge in [0.25, 0.3) is 0 Å². The third-order valence-corrected chi connectivity index (χ3v) is 5.20. The molecular weight excluding hydrogens is 414 g/mol. The normalized spacial score (nSPS) is 11.5. The Balaban J connectivity index is 1.74. The van der Waals surface area contributed by atoms with Gasteiger partial charge in [0.15, 0.2) is 11.5 Å². The number of nitriles is 1. The Labute approximate surface area is 194 Å². The fourth-order valence-electron chi connectivity index (χ4n) is 3.25. The van der Waals surface area contributed by atoms with Gasteiger partial charge in [0.1, 0.15) is 5.75 Å². The first kappa shape index (κ1) is 23.6. The van der Waals surface area contributed by atoms with Gasteiger partial charge >= 0.3 is 5.97 Å². The van der Waals surface area contributed by atoms with Crippen LogP contribution in [0.25, 0.3) is 11.6 Å². The Kier molecular flexibility index (Phi) is 7.20. The number of benzene rings is 3. The Hall–Kier alpha value is -4.04. The van der Waals surface area contributed by atoms with Gasteiger partial charge in [0.2, 0.25) is 0 Å². The molecule has 33 heavy (non-hydrogen) atoms. The van der Waals surface area contributed by atoms with Crippen molar-refractivity contribution in [3.63, 3.8) is 0 Å². The molecule has 0 atom stereocenters. The number of ether oxygens (including phenoxy) is 3. The monoisotopic (exact) mass is 441 g/mol. The molecule has 0 unspecified atom stereocenters. The highest BCUT2D eigenvalue weighted by atomic mass is 16.5. The van der Waals surface area contributed by atoms with E-state index >= 15 is 0 Å². The van der Waals surface area contributed by atoms with Crippen LogP contribution in [0.1, 0.15) is 47.8 Å². The van der Waals surface area contributed by atoms with Gasteiger partial charge in [-0.25, -0.2) is 4.79 Å². The summed E-state index contributed by atoms with van der Waals surface area (Å²) in [4.78, 5) is 12.5. The highest BCUT2D eigenvalue weighted by Crippen LogP contribution is 2.31. The highest BCUT2D eigenvalue weighted by molar-refractivity contribution is 5.92. The van der Waals surface area contributed by atoms with Gasteiger partial charge < -0.3 is 14.2 Å². The van der Waals surface area contributed by atoms with Crippen LogP contribution in [0, 0.1) is 11.3 Å². The molecule has 0 aromatic heterocycles. The van der Waals surface area contributed by atoms with Crippen molar-refractivity contribution >= 4 is 17.6 Å². The summed E-state index contributed by atoms with van der Waals surface area (Å²) in [7, 11) is 3.12. The number of nitrogens with zero attached hydrogens (tertiary/aromatic N) is 1. The van der Waals surface area contributed by atoms with E-state index in [1.54, 1.807) is 74.9 Å². The maximum absolute atomic E-state index is 12.5. The minimum Gasteiger partial charge on any atom is -0.493 e. The lowest BCUT2D eigenvalue weighted by Gasteiger charge is -2.18. The Morgan fingerprint density at radius 2 is 1.45 bits per heavy atom. The van der Waals surface area contributed by atoms with Crippen molar-refractivity contribution in [2.24, 2.45) is 0 Å². The number of allylic oxidation sites excluding steroid dienone is 1. The van der Waals surface area contributed by atoms with Gasteiger partial charge in [0.05, 0.1) is 31.4 Å². The van der Waals surface area contributed by atoms with Crippen molar-refractivity contribution in [1.29, 1.82) is 5.26 Å². The molecule has 0 saturated carbocycles. The first-order chi connectivity index (χ1) is 15.7. The van der Waals surface area contributed by atoms with Crippen LogP contribution >= 0.6 is 0 Å². The van der Waals surface area contributed by atoms with Crippen LogP contribution in [0.2, 0.25) is 0 Å². The van der Waals surface area contributed by atoms with Crippen molar-refractivity contribution in [2.45, 2.75) is 26.2 Å². The average molecular weight is 442 g/mol. The molecule has 168 valence electrons. The van der Waals surface area contributed by atoms with E-state index in [-0.39, 0.29) is 5.41 Å². The van der Waals surface area contributed by atoms with Crippen LogP contribution in [0.5, 0.6) is 17.2 Å². The Morgan fingerprint density at radius 1 is 0.848 bits per heavy atom. The molecule has 3 aromatic carbocycles. The summed E-state index contributed by atoms with van der Waals surface area (Å²) in [5, 5.41) is 9.64. The molecule has 3 rings (SSSR count). The SMILES string of the molecule is COc1ccc(/C(C#N)=C\c2ccc(OC(=O)c3ccc(C(C)(C)C)cc3)cc2)cc1OC. The van der Waals surface area contributed by atoms with E-state index < -0.39 is 5.97 Å². The fraction of sp³-hybridized carbons (Fsp3) is 0.214. The second kappa shape index (κ2) is 10.1. The molecule has 0 N–H and O–H groups in total. The molecule has 0 amide bonds. The standard InChI is InChI=1S/C28H27NO4/c1-28(2,3)23-11-8-20(9-12-23)27(30)33-24-13-6-19(7-14-24)16-22(18-29)21-10-15-25(31-4)26(17-21)32-5/h6-17H,1-5H3/b22-16-. The average Bonchev–Trinajstić information content (AvgIpc) is 2.82. The number of methoxy groups -OCH3 is 2. The zero-order valence-electron chi connectivity index (χ0n) is 19.5. The predicted octanol–water partition coefficient (Wildman–Crippen LogP) is 6.28. The summed E-state index contributed by atoms with van der Waals surface area (Å²) in [6.07, 6.45) is 1.76. The highest BCUT2D eigenvalue weighted by Gasteiger charge is 2.15. The summed E-state index contributed by atoms with van der Waals surface area (Å²) >= 11 is 0.